The Bertz CT molecular complexity index is 531. The van der Waals surface area contributed by atoms with E-state index >= 15 is 0 Å². The van der Waals surface area contributed by atoms with Crippen LogP contribution in [-0.2, 0) is 4.79 Å². The van der Waals surface area contributed by atoms with E-state index in [1.165, 1.54) is 11.8 Å². The molecule has 1 atom stereocenters. The van der Waals surface area contributed by atoms with Crippen molar-refractivity contribution >= 4 is 11.7 Å². The Balaban J connectivity index is 2.25. The molecule has 0 radical (unpaired) electrons. The second kappa shape index (κ2) is 6.11. The molecule has 0 aliphatic carbocycles. The van der Waals surface area contributed by atoms with Crippen LogP contribution >= 0.6 is 0 Å². The summed E-state index contributed by atoms with van der Waals surface area (Å²) < 4.78 is 26.9. The molecule has 1 fully saturated rings. The average Bonchev–Trinajstić information content (AvgIpc) is 2.41. The molecule has 1 unspecified atom stereocenters. The van der Waals surface area contributed by atoms with Gasteiger partial charge in [0.25, 0.3) is 5.91 Å². The largest absolute Gasteiger partial charge is 0.335 e. The summed E-state index contributed by atoms with van der Waals surface area (Å²) in [5.41, 5.74) is -0.263. The number of benzene rings is 1. The number of carbonyl (C=O) groups excluding carboxylic acids is 2. The Kier molecular flexibility index (Phi) is 4.47. The number of rotatable bonds is 3. The number of carbonyl (C=O) groups is 2. The van der Waals surface area contributed by atoms with E-state index in [4.69, 9.17) is 0 Å². The molecule has 20 heavy (non-hydrogen) atoms. The van der Waals surface area contributed by atoms with Crippen LogP contribution < -0.4 is 0 Å². The van der Waals surface area contributed by atoms with Gasteiger partial charge in [-0.2, -0.15) is 0 Å². The predicted octanol–water partition coefficient (Wildman–Crippen LogP) is 2.94. The first-order valence-corrected chi connectivity index (χ1v) is 6.74. The number of hydrogen-bond acceptors (Lipinski definition) is 2. The fraction of sp³-hybridized carbons (Fsp3) is 0.467. The van der Waals surface area contributed by atoms with Gasteiger partial charge >= 0.3 is 0 Å². The lowest BCUT2D eigenvalue weighted by Gasteiger charge is -2.35. The second-order valence-electron chi connectivity index (χ2n) is 5.18. The third kappa shape index (κ3) is 3.21. The highest BCUT2D eigenvalue weighted by molar-refractivity contribution is 5.95. The third-order valence-corrected chi connectivity index (χ3v) is 3.57. The monoisotopic (exact) mass is 281 g/mol. The van der Waals surface area contributed by atoms with Crippen molar-refractivity contribution in [1.82, 2.24) is 4.90 Å². The minimum absolute atomic E-state index is 0.00517. The first-order valence-electron chi connectivity index (χ1n) is 6.74. The summed E-state index contributed by atoms with van der Waals surface area (Å²) in [5.74, 6) is -1.92. The molecular weight excluding hydrogens is 264 g/mol. The molecule has 0 saturated carbocycles. The predicted molar refractivity (Wildman–Crippen MR) is 70.3 cm³/mol. The maximum atomic E-state index is 13.7. The van der Waals surface area contributed by atoms with Crippen molar-refractivity contribution in [3.8, 4) is 0 Å². The third-order valence-electron chi connectivity index (χ3n) is 3.57. The summed E-state index contributed by atoms with van der Waals surface area (Å²) in [6.07, 6.45) is 2.75. The number of hydrogen-bond donors (Lipinski definition) is 0. The summed E-state index contributed by atoms with van der Waals surface area (Å²) in [6, 6.07) is 2.63. The van der Waals surface area contributed by atoms with Crippen LogP contribution in [0.3, 0.4) is 0 Å². The van der Waals surface area contributed by atoms with Crippen molar-refractivity contribution in [1.29, 1.82) is 0 Å². The minimum atomic E-state index is -0.733. The number of piperidine rings is 1. The fourth-order valence-electron chi connectivity index (χ4n) is 2.63. The lowest BCUT2D eigenvalue weighted by atomic mass is 9.96. The van der Waals surface area contributed by atoms with Gasteiger partial charge in [0, 0.05) is 19.0 Å². The van der Waals surface area contributed by atoms with Crippen LogP contribution in [0.5, 0.6) is 0 Å². The second-order valence-corrected chi connectivity index (χ2v) is 5.18. The zero-order chi connectivity index (χ0) is 14.7. The number of Topliss-reactive ketones (excluding diaryl/α,β-unsaturated/α-hetero) is 1. The van der Waals surface area contributed by atoms with Crippen LogP contribution in [0.15, 0.2) is 18.2 Å². The molecule has 3 nitrogen and oxygen atoms in total. The highest BCUT2D eigenvalue weighted by atomic mass is 19.1. The molecule has 1 aliphatic rings. The van der Waals surface area contributed by atoms with Gasteiger partial charge in [-0.1, -0.05) is 0 Å². The van der Waals surface area contributed by atoms with Gasteiger partial charge in [0.1, 0.15) is 17.4 Å². The normalized spacial score (nSPS) is 18.9. The van der Waals surface area contributed by atoms with E-state index in [1.54, 1.807) is 0 Å². The van der Waals surface area contributed by atoms with E-state index in [2.05, 4.69) is 0 Å². The van der Waals surface area contributed by atoms with Crippen LogP contribution in [0.2, 0.25) is 0 Å². The van der Waals surface area contributed by atoms with Crippen molar-refractivity contribution in [3.05, 3.63) is 35.4 Å². The van der Waals surface area contributed by atoms with Gasteiger partial charge in [-0.25, -0.2) is 8.78 Å². The lowest BCUT2D eigenvalue weighted by molar-refractivity contribution is -0.118. The SMILES string of the molecule is CC(=O)CC1CCCCN1C(=O)c1cc(F)ccc1F. The maximum Gasteiger partial charge on any atom is 0.257 e. The van der Waals surface area contributed by atoms with Crippen LogP contribution in [0, 0.1) is 11.6 Å². The minimum Gasteiger partial charge on any atom is -0.335 e. The number of nitrogens with zero attached hydrogens (tertiary/aromatic N) is 1. The number of likely N-dealkylation sites (tertiary alicyclic amines) is 1. The Morgan fingerprint density at radius 2 is 2.05 bits per heavy atom. The highest BCUT2D eigenvalue weighted by Gasteiger charge is 2.29. The molecule has 0 bridgehead atoms. The van der Waals surface area contributed by atoms with Gasteiger partial charge in [0.15, 0.2) is 0 Å². The molecular formula is C15H17F2NO2. The van der Waals surface area contributed by atoms with E-state index in [0.29, 0.717) is 6.54 Å². The maximum absolute atomic E-state index is 13.7. The molecule has 1 aromatic rings. The number of ketones is 1. The Morgan fingerprint density at radius 3 is 2.75 bits per heavy atom. The molecule has 1 aliphatic heterocycles. The summed E-state index contributed by atoms with van der Waals surface area (Å²) in [7, 11) is 0. The molecule has 0 N–H and O–H groups in total. The topological polar surface area (TPSA) is 37.4 Å². The van der Waals surface area contributed by atoms with Gasteiger partial charge in [-0.05, 0) is 44.4 Å². The summed E-state index contributed by atoms with van der Waals surface area (Å²) in [4.78, 5) is 25.1. The van der Waals surface area contributed by atoms with Gasteiger partial charge in [0.05, 0.1) is 5.56 Å². The average molecular weight is 281 g/mol. The fourth-order valence-corrected chi connectivity index (χ4v) is 2.63. The molecule has 1 heterocycles. The molecule has 0 spiro atoms. The van der Waals surface area contributed by atoms with E-state index in [0.717, 1.165) is 37.5 Å². The number of halogens is 2. The Morgan fingerprint density at radius 1 is 1.30 bits per heavy atom. The molecule has 1 amide bonds. The highest BCUT2D eigenvalue weighted by Crippen LogP contribution is 2.23. The van der Waals surface area contributed by atoms with Gasteiger partial charge < -0.3 is 4.90 Å². The summed E-state index contributed by atoms with van der Waals surface area (Å²) in [5, 5.41) is 0. The van der Waals surface area contributed by atoms with E-state index in [9.17, 15) is 18.4 Å². The molecule has 0 aromatic heterocycles. The number of amides is 1. The van der Waals surface area contributed by atoms with Crippen molar-refractivity contribution in [2.45, 2.75) is 38.6 Å². The van der Waals surface area contributed by atoms with Crippen LogP contribution in [-0.4, -0.2) is 29.2 Å². The van der Waals surface area contributed by atoms with Crippen molar-refractivity contribution in [2.75, 3.05) is 6.54 Å². The van der Waals surface area contributed by atoms with Crippen LogP contribution in [0.1, 0.15) is 43.0 Å². The zero-order valence-electron chi connectivity index (χ0n) is 11.4. The molecule has 2 rings (SSSR count). The quantitative estimate of drug-likeness (QED) is 0.854. The zero-order valence-corrected chi connectivity index (χ0v) is 11.4. The van der Waals surface area contributed by atoms with E-state index in [-0.39, 0.29) is 23.8 Å². The lowest BCUT2D eigenvalue weighted by Crippen LogP contribution is -2.44. The van der Waals surface area contributed by atoms with Crippen LogP contribution in [0.25, 0.3) is 0 Å². The molecule has 1 aromatic carbocycles. The molecule has 1 saturated heterocycles. The Hall–Kier alpha value is -1.78. The first kappa shape index (κ1) is 14.6. The standard InChI is InChI=1S/C15H17F2NO2/c1-10(19)8-12-4-2-3-7-18(12)15(20)13-9-11(16)5-6-14(13)17/h5-6,9,12H,2-4,7-8H2,1H3. The van der Waals surface area contributed by atoms with Crippen molar-refractivity contribution in [3.63, 3.8) is 0 Å². The Labute approximate surface area is 116 Å². The van der Waals surface area contributed by atoms with E-state index < -0.39 is 17.5 Å². The van der Waals surface area contributed by atoms with Gasteiger partial charge in [-0.3, -0.25) is 9.59 Å². The van der Waals surface area contributed by atoms with Gasteiger partial charge in [-0.15, -0.1) is 0 Å². The molecule has 5 heteroatoms. The van der Waals surface area contributed by atoms with Crippen LogP contribution in [0.4, 0.5) is 8.78 Å². The van der Waals surface area contributed by atoms with E-state index in [1.807, 2.05) is 0 Å². The van der Waals surface area contributed by atoms with Crippen molar-refractivity contribution < 1.29 is 18.4 Å². The van der Waals surface area contributed by atoms with Crippen molar-refractivity contribution in [2.24, 2.45) is 0 Å². The smallest absolute Gasteiger partial charge is 0.257 e. The summed E-state index contributed by atoms with van der Waals surface area (Å²) in [6.45, 7) is 1.95. The van der Waals surface area contributed by atoms with Gasteiger partial charge in [0.2, 0.25) is 0 Å². The molecule has 108 valence electrons. The first-order chi connectivity index (χ1) is 9.49. The summed E-state index contributed by atoms with van der Waals surface area (Å²) >= 11 is 0.